The maximum Gasteiger partial charge on any atom is 0.0972 e. The van der Waals surface area contributed by atoms with E-state index < -0.39 is 11.0 Å². The minimum absolute atomic E-state index is 0.0838. The maximum atomic E-state index is 12.7. The Bertz CT molecular complexity index is 541. The van der Waals surface area contributed by atoms with Crippen LogP contribution in [0.2, 0.25) is 0 Å². The number of rotatable bonds is 7. The van der Waals surface area contributed by atoms with Gasteiger partial charge < -0.3 is 5.11 Å². The summed E-state index contributed by atoms with van der Waals surface area (Å²) in [4.78, 5) is 0. The molecule has 1 fully saturated rings. The molecule has 1 saturated carbocycles. The van der Waals surface area contributed by atoms with Crippen LogP contribution < -0.4 is 4.72 Å². The Kier molecular flexibility index (Phi) is 7.66. The van der Waals surface area contributed by atoms with Crippen LogP contribution in [0.3, 0.4) is 0 Å². The van der Waals surface area contributed by atoms with Crippen molar-refractivity contribution in [2.75, 3.05) is 0 Å². The molecule has 0 aliphatic heterocycles. The molecule has 142 valence electrons. The highest BCUT2D eigenvalue weighted by molar-refractivity contribution is 7.84. The Morgan fingerprint density at radius 3 is 2.52 bits per heavy atom. The first-order valence-electron chi connectivity index (χ1n) is 9.73. The van der Waals surface area contributed by atoms with Gasteiger partial charge in [0.15, 0.2) is 0 Å². The van der Waals surface area contributed by atoms with Gasteiger partial charge in [-0.05, 0) is 57.9 Å². The van der Waals surface area contributed by atoms with E-state index in [2.05, 4.69) is 35.9 Å². The standard InChI is InChI=1S/C21H35NO2S/c1-5-17-12-9-13-19(23)20(17)18(22-25(24)21(2,3)4)15-14-16-10-7-6-8-11-16/h6-8,10-11,17-20,22-23H,5,9,12-15H2,1-4H3/t17-,18-,19+,20-,25-/m1/s1. The molecular formula is C21H35NO2S. The van der Waals surface area contributed by atoms with Crippen molar-refractivity contribution in [3.05, 3.63) is 35.9 Å². The van der Waals surface area contributed by atoms with Gasteiger partial charge in [0.2, 0.25) is 0 Å². The van der Waals surface area contributed by atoms with E-state index >= 15 is 0 Å². The van der Waals surface area contributed by atoms with Crippen LogP contribution in [-0.2, 0) is 17.4 Å². The minimum atomic E-state index is -1.12. The molecular weight excluding hydrogens is 330 g/mol. The van der Waals surface area contributed by atoms with Crippen LogP contribution in [0.15, 0.2) is 30.3 Å². The Balaban J connectivity index is 2.16. The molecule has 0 unspecified atom stereocenters. The molecule has 4 heteroatoms. The molecule has 0 heterocycles. The van der Waals surface area contributed by atoms with Crippen molar-refractivity contribution < 1.29 is 9.32 Å². The van der Waals surface area contributed by atoms with Gasteiger partial charge >= 0.3 is 0 Å². The average molecular weight is 366 g/mol. The van der Waals surface area contributed by atoms with Crippen LogP contribution >= 0.6 is 0 Å². The summed E-state index contributed by atoms with van der Waals surface area (Å²) in [7, 11) is -1.12. The van der Waals surface area contributed by atoms with Crippen LogP contribution in [-0.4, -0.2) is 26.2 Å². The van der Waals surface area contributed by atoms with E-state index in [9.17, 15) is 9.32 Å². The summed E-state index contributed by atoms with van der Waals surface area (Å²) in [6, 6.07) is 10.5. The number of nitrogens with one attached hydrogen (secondary N) is 1. The highest BCUT2D eigenvalue weighted by Crippen LogP contribution is 2.36. The summed E-state index contributed by atoms with van der Waals surface area (Å²) in [5.74, 6) is 0.697. The van der Waals surface area contributed by atoms with E-state index in [0.717, 1.165) is 32.1 Å². The lowest BCUT2D eigenvalue weighted by Crippen LogP contribution is -2.50. The lowest BCUT2D eigenvalue weighted by molar-refractivity contribution is 0.0123. The van der Waals surface area contributed by atoms with E-state index in [1.807, 2.05) is 26.8 Å². The predicted molar refractivity (Wildman–Crippen MR) is 107 cm³/mol. The zero-order chi connectivity index (χ0) is 18.4. The first-order chi connectivity index (χ1) is 11.8. The Morgan fingerprint density at radius 2 is 1.92 bits per heavy atom. The molecule has 3 nitrogen and oxygen atoms in total. The number of benzene rings is 1. The summed E-state index contributed by atoms with van der Waals surface area (Å²) in [5.41, 5.74) is 1.30. The average Bonchev–Trinajstić information content (AvgIpc) is 2.58. The third-order valence-corrected chi connectivity index (χ3v) is 7.08. The number of hydrogen-bond acceptors (Lipinski definition) is 2. The molecule has 1 aliphatic carbocycles. The summed E-state index contributed by atoms with van der Waals surface area (Å²) in [6.45, 7) is 8.21. The van der Waals surface area contributed by atoms with E-state index in [1.165, 1.54) is 12.0 Å². The normalized spacial score (nSPS) is 27.0. The first-order valence-corrected chi connectivity index (χ1v) is 10.9. The highest BCUT2D eigenvalue weighted by Gasteiger charge is 2.38. The fourth-order valence-electron chi connectivity index (χ4n) is 3.97. The second kappa shape index (κ2) is 9.29. The van der Waals surface area contributed by atoms with Gasteiger partial charge in [0.05, 0.1) is 21.8 Å². The molecule has 0 saturated heterocycles. The molecule has 0 radical (unpaired) electrons. The zero-order valence-corrected chi connectivity index (χ0v) is 17.0. The van der Waals surface area contributed by atoms with Gasteiger partial charge in [0, 0.05) is 12.0 Å². The lowest BCUT2D eigenvalue weighted by Gasteiger charge is -2.41. The Hall–Kier alpha value is -0.710. The van der Waals surface area contributed by atoms with Gasteiger partial charge in [-0.25, -0.2) is 8.93 Å². The van der Waals surface area contributed by atoms with E-state index in [-0.39, 0.29) is 22.8 Å². The number of hydrogen-bond donors (Lipinski definition) is 2. The molecule has 0 spiro atoms. The second-order valence-corrected chi connectivity index (χ2v) is 10.4. The molecule has 2 rings (SSSR count). The minimum Gasteiger partial charge on any atom is -0.393 e. The zero-order valence-electron chi connectivity index (χ0n) is 16.2. The molecule has 0 amide bonds. The van der Waals surface area contributed by atoms with Gasteiger partial charge in [-0.1, -0.05) is 50.1 Å². The van der Waals surface area contributed by atoms with Gasteiger partial charge in [-0.2, -0.15) is 0 Å². The number of aliphatic hydroxyl groups excluding tert-OH is 1. The molecule has 1 aromatic rings. The summed E-state index contributed by atoms with van der Waals surface area (Å²) in [5, 5.41) is 10.7. The van der Waals surface area contributed by atoms with Gasteiger partial charge in [-0.15, -0.1) is 0 Å². The third-order valence-electron chi connectivity index (χ3n) is 5.45. The molecule has 2 N–H and O–H groups in total. The van der Waals surface area contributed by atoms with Crippen molar-refractivity contribution in [3.63, 3.8) is 0 Å². The van der Waals surface area contributed by atoms with Crippen molar-refractivity contribution in [3.8, 4) is 0 Å². The highest BCUT2D eigenvalue weighted by atomic mass is 32.2. The number of aryl methyl sites for hydroxylation is 1. The van der Waals surface area contributed by atoms with Crippen LogP contribution in [0.1, 0.15) is 65.4 Å². The molecule has 0 aromatic heterocycles. The van der Waals surface area contributed by atoms with Crippen molar-refractivity contribution in [2.45, 2.75) is 83.1 Å². The number of aliphatic hydroxyl groups is 1. The van der Waals surface area contributed by atoms with Crippen LogP contribution in [0.4, 0.5) is 0 Å². The first kappa shape index (κ1) is 20.6. The third kappa shape index (κ3) is 5.90. The molecule has 1 aromatic carbocycles. The quantitative estimate of drug-likeness (QED) is 0.760. The molecule has 0 bridgehead atoms. The van der Waals surface area contributed by atoms with Crippen molar-refractivity contribution in [1.82, 2.24) is 4.72 Å². The monoisotopic (exact) mass is 365 g/mol. The van der Waals surface area contributed by atoms with Crippen molar-refractivity contribution >= 4 is 11.0 Å². The van der Waals surface area contributed by atoms with E-state index in [4.69, 9.17) is 0 Å². The van der Waals surface area contributed by atoms with Crippen LogP contribution in [0.25, 0.3) is 0 Å². The van der Waals surface area contributed by atoms with Crippen molar-refractivity contribution in [1.29, 1.82) is 0 Å². The van der Waals surface area contributed by atoms with Crippen LogP contribution in [0, 0.1) is 11.8 Å². The maximum absolute atomic E-state index is 12.7. The van der Waals surface area contributed by atoms with E-state index in [1.54, 1.807) is 0 Å². The van der Waals surface area contributed by atoms with Gasteiger partial charge in [0.1, 0.15) is 0 Å². The Morgan fingerprint density at radius 1 is 1.24 bits per heavy atom. The molecule has 1 aliphatic rings. The fourth-order valence-corrected chi connectivity index (χ4v) is 4.88. The van der Waals surface area contributed by atoms with Gasteiger partial charge in [0.25, 0.3) is 0 Å². The predicted octanol–water partition coefficient (Wildman–Crippen LogP) is 4.23. The summed E-state index contributed by atoms with van der Waals surface area (Å²) >= 11 is 0. The molecule has 5 atom stereocenters. The van der Waals surface area contributed by atoms with E-state index in [0.29, 0.717) is 5.92 Å². The SMILES string of the molecule is CC[C@@H]1CCC[C@H](O)[C@H]1[C@@H](CCc1ccccc1)N[S@](=O)C(C)(C)C. The van der Waals surface area contributed by atoms with Crippen molar-refractivity contribution in [2.24, 2.45) is 11.8 Å². The van der Waals surface area contributed by atoms with Crippen LogP contribution in [0.5, 0.6) is 0 Å². The lowest BCUT2D eigenvalue weighted by atomic mass is 9.71. The topological polar surface area (TPSA) is 49.3 Å². The second-order valence-electron chi connectivity index (χ2n) is 8.37. The smallest absolute Gasteiger partial charge is 0.0972 e. The Labute approximate surface area is 156 Å². The largest absolute Gasteiger partial charge is 0.393 e. The van der Waals surface area contributed by atoms with Gasteiger partial charge in [-0.3, -0.25) is 0 Å². The summed E-state index contributed by atoms with van der Waals surface area (Å²) in [6.07, 6.45) is 5.78. The molecule has 25 heavy (non-hydrogen) atoms. The fraction of sp³-hybridized carbons (Fsp3) is 0.714. The summed E-state index contributed by atoms with van der Waals surface area (Å²) < 4.78 is 15.9.